The van der Waals surface area contributed by atoms with Gasteiger partial charge >= 0.3 is 6.18 Å². The van der Waals surface area contributed by atoms with Gasteiger partial charge in [-0.3, -0.25) is 4.79 Å². The normalized spacial score (nSPS) is 12.7. The number of rotatable bonds is 5. The first-order valence-electron chi connectivity index (χ1n) is 4.60. The van der Waals surface area contributed by atoms with Gasteiger partial charge in [-0.15, -0.1) is 11.6 Å². The molecular weight excluding hydrogens is 231 g/mol. The fourth-order valence-electron chi connectivity index (χ4n) is 0.994. The maximum atomic E-state index is 11.8. The highest BCUT2D eigenvalue weighted by Crippen LogP contribution is 2.21. The van der Waals surface area contributed by atoms with Crippen LogP contribution in [0.4, 0.5) is 13.2 Å². The van der Waals surface area contributed by atoms with Crippen molar-refractivity contribution in [2.45, 2.75) is 44.8 Å². The quantitative estimate of drug-likeness (QED) is 0.742. The second kappa shape index (κ2) is 5.58. The van der Waals surface area contributed by atoms with Crippen LogP contribution in [-0.4, -0.2) is 23.5 Å². The number of hydrogen-bond acceptors (Lipinski definition) is 1. The third-order valence-electron chi connectivity index (χ3n) is 1.83. The van der Waals surface area contributed by atoms with Gasteiger partial charge in [-0.05, 0) is 20.3 Å². The van der Waals surface area contributed by atoms with Gasteiger partial charge in [0.1, 0.15) is 0 Å². The fourth-order valence-corrected chi connectivity index (χ4v) is 1.47. The van der Waals surface area contributed by atoms with Crippen LogP contribution in [0, 0.1) is 0 Å². The largest absolute Gasteiger partial charge is 0.389 e. The van der Waals surface area contributed by atoms with Crippen LogP contribution in [0.3, 0.4) is 0 Å². The third kappa shape index (κ3) is 8.54. The zero-order valence-corrected chi connectivity index (χ0v) is 9.50. The van der Waals surface area contributed by atoms with E-state index in [1.807, 2.05) is 0 Å². The van der Waals surface area contributed by atoms with Gasteiger partial charge in [-0.25, -0.2) is 0 Å². The van der Waals surface area contributed by atoms with E-state index >= 15 is 0 Å². The molecule has 0 radical (unpaired) electrons. The molecule has 0 aromatic carbocycles. The van der Waals surface area contributed by atoms with Crippen molar-refractivity contribution in [2.75, 3.05) is 5.88 Å². The Bertz CT molecular complexity index is 216. The molecule has 0 spiro atoms. The summed E-state index contributed by atoms with van der Waals surface area (Å²) in [6.07, 6.45) is -5.38. The Morgan fingerprint density at radius 2 is 1.80 bits per heavy atom. The van der Waals surface area contributed by atoms with E-state index in [-0.39, 0.29) is 0 Å². The van der Waals surface area contributed by atoms with Crippen molar-refractivity contribution < 1.29 is 18.0 Å². The van der Waals surface area contributed by atoms with Gasteiger partial charge in [0.05, 0.1) is 6.42 Å². The smallest absolute Gasteiger partial charge is 0.351 e. The van der Waals surface area contributed by atoms with Gasteiger partial charge in [0.2, 0.25) is 5.91 Å². The summed E-state index contributed by atoms with van der Waals surface area (Å²) in [5.41, 5.74) is -0.551. The van der Waals surface area contributed by atoms with E-state index in [1.54, 1.807) is 13.8 Å². The number of carbonyl (C=O) groups is 1. The molecular formula is C9H15ClF3NO. The van der Waals surface area contributed by atoms with Crippen molar-refractivity contribution in [2.24, 2.45) is 0 Å². The Kier molecular flexibility index (Phi) is 5.42. The predicted molar refractivity (Wildman–Crippen MR) is 52.8 cm³/mol. The molecule has 0 saturated carbocycles. The standard InChI is InChI=1S/C9H15ClF3NO/c1-8(2,5-6-10)14-7(15)3-4-9(11,12)13/h3-6H2,1-2H3,(H,14,15). The van der Waals surface area contributed by atoms with Gasteiger partial charge in [-0.2, -0.15) is 13.2 Å². The lowest BCUT2D eigenvalue weighted by molar-refractivity contribution is -0.144. The van der Waals surface area contributed by atoms with Crippen LogP contribution in [-0.2, 0) is 4.79 Å². The number of halogens is 4. The summed E-state index contributed by atoms with van der Waals surface area (Å²) < 4.78 is 35.4. The van der Waals surface area contributed by atoms with Crippen LogP contribution in [0.15, 0.2) is 0 Å². The highest BCUT2D eigenvalue weighted by Gasteiger charge is 2.29. The predicted octanol–water partition coefficient (Wildman–Crippen LogP) is 2.85. The van der Waals surface area contributed by atoms with Gasteiger partial charge in [0.15, 0.2) is 0 Å². The highest BCUT2D eigenvalue weighted by atomic mass is 35.5. The minimum atomic E-state index is -4.28. The van der Waals surface area contributed by atoms with Gasteiger partial charge < -0.3 is 5.32 Å². The maximum absolute atomic E-state index is 11.8. The Balaban J connectivity index is 3.93. The van der Waals surface area contributed by atoms with Crippen molar-refractivity contribution in [3.8, 4) is 0 Å². The average Bonchev–Trinajstić information content (AvgIpc) is 1.98. The zero-order valence-electron chi connectivity index (χ0n) is 8.75. The van der Waals surface area contributed by atoms with Crippen LogP contribution in [0.25, 0.3) is 0 Å². The Labute approximate surface area is 92.2 Å². The van der Waals surface area contributed by atoms with Gasteiger partial charge in [-0.1, -0.05) is 0 Å². The summed E-state index contributed by atoms with van der Waals surface area (Å²) in [6, 6.07) is 0. The van der Waals surface area contributed by atoms with E-state index in [2.05, 4.69) is 5.32 Å². The van der Waals surface area contributed by atoms with Crippen molar-refractivity contribution in [1.82, 2.24) is 5.32 Å². The SMILES string of the molecule is CC(C)(CCCl)NC(=O)CCC(F)(F)F. The summed E-state index contributed by atoms with van der Waals surface area (Å²) in [7, 11) is 0. The van der Waals surface area contributed by atoms with Crippen molar-refractivity contribution in [1.29, 1.82) is 0 Å². The van der Waals surface area contributed by atoms with Crippen molar-refractivity contribution in [3.63, 3.8) is 0 Å². The summed E-state index contributed by atoms with van der Waals surface area (Å²) in [5.74, 6) is -0.241. The number of nitrogens with one attached hydrogen (secondary N) is 1. The third-order valence-corrected chi connectivity index (χ3v) is 2.02. The number of carbonyl (C=O) groups excluding carboxylic acids is 1. The summed E-state index contributed by atoms with van der Waals surface area (Å²) in [6.45, 7) is 3.45. The molecule has 0 aliphatic carbocycles. The molecule has 0 aromatic heterocycles. The van der Waals surface area contributed by atoms with Crippen molar-refractivity contribution >= 4 is 17.5 Å². The Hall–Kier alpha value is -0.450. The molecule has 0 rings (SSSR count). The molecule has 0 aliphatic rings. The lowest BCUT2D eigenvalue weighted by Gasteiger charge is -2.25. The highest BCUT2D eigenvalue weighted by molar-refractivity contribution is 6.17. The Morgan fingerprint density at radius 3 is 2.20 bits per heavy atom. The molecule has 0 aromatic rings. The number of alkyl halides is 4. The molecule has 15 heavy (non-hydrogen) atoms. The van der Waals surface area contributed by atoms with E-state index in [4.69, 9.17) is 11.6 Å². The molecule has 1 N–H and O–H groups in total. The number of hydrogen-bond donors (Lipinski definition) is 1. The zero-order chi connectivity index (χ0) is 12.1. The molecule has 0 aliphatic heterocycles. The molecule has 6 heteroatoms. The first kappa shape index (κ1) is 14.6. The van der Waals surface area contributed by atoms with Crippen LogP contribution < -0.4 is 5.32 Å². The minimum Gasteiger partial charge on any atom is -0.351 e. The van der Waals surface area contributed by atoms with E-state index in [0.29, 0.717) is 12.3 Å². The second-order valence-electron chi connectivity index (χ2n) is 3.99. The molecule has 0 heterocycles. The summed E-state index contributed by atoms with van der Waals surface area (Å²) >= 11 is 5.49. The molecule has 0 bridgehead atoms. The van der Waals surface area contributed by atoms with Crippen LogP contribution >= 0.6 is 11.6 Å². The molecule has 2 nitrogen and oxygen atoms in total. The molecule has 0 atom stereocenters. The summed E-state index contributed by atoms with van der Waals surface area (Å²) in [5, 5.41) is 2.51. The molecule has 1 amide bonds. The monoisotopic (exact) mass is 245 g/mol. The van der Waals surface area contributed by atoms with E-state index in [9.17, 15) is 18.0 Å². The molecule has 0 fully saturated rings. The summed E-state index contributed by atoms with van der Waals surface area (Å²) in [4.78, 5) is 11.1. The first-order chi connectivity index (χ1) is 6.66. The Morgan fingerprint density at radius 1 is 1.27 bits per heavy atom. The lowest BCUT2D eigenvalue weighted by Crippen LogP contribution is -2.43. The van der Waals surface area contributed by atoms with E-state index in [0.717, 1.165) is 0 Å². The average molecular weight is 246 g/mol. The van der Waals surface area contributed by atoms with Gasteiger partial charge in [0.25, 0.3) is 0 Å². The molecule has 0 unspecified atom stereocenters. The van der Waals surface area contributed by atoms with Crippen LogP contribution in [0.1, 0.15) is 33.1 Å². The fraction of sp³-hybridized carbons (Fsp3) is 0.889. The van der Waals surface area contributed by atoms with E-state index < -0.39 is 30.5 Å². The van der Waals surface area contributed by atoms with E-state index in [1.165, 1.54) is 0 Å². The molecule has 90 valence electrons. The van der Waals surface area contributed by atoms with Crippen molar-refractivity contribution in [3.05, 3.63) is 0 Å². The van der Waals surface area contributed by atoms with Crippen LogP contribution in [0.5, 0.6) is 0 Å². The number of amides is 1. The topological polar surface area (TPSA) is 29.1 Å². The second-order valence-corrected chi connectivity index (χ2v) is 4.36. The maximum Gasteiger partial charge on any atom is 0.389 e. The van der Waals surface area contributed by atoms with Gasteiger partial charge in [0, 0.05) is 17.8 Å². The lowest BCUT2D eigenvalue weighted by atomic mass is 10.0. The van der Waals surface area contributed by atoms with Crippen LogP contribution in [0.2, 0.25) is 0 Å². The molecule has 0 saturated heterocycles. The first-order valence-corrected chi connectivity index (χ1v) is 5.13. The minimum absolute atomic E-state index is 0.354.